The summed E-state index contributed by atoms with van der Waals surface area (Å²) in [5, 5.41) is 0. The quantitative estimate of drug-likeness (QED) is 0.752. The second-order valence-electron chi connectivity index (χ2n) is 4.85. The fraction of sp³-hybridized carbons (Fsp3) is 0.462. The number of hydrogen-bond donors (Lipinski definition) is 0. The van der Waals surface area contributed by atoms with E-state index in [1.54, 1.807) is 6.07 Å². The second kappa shape index (κ2) is 5.16. The largest absolute Gasteiger partial charge is 0.465 e. The lowest BCUT2D eigenvalue weighted by Gasteiger charge is -2.18. The van der Waals surface area contributed by atoms with E-state index in [4.69, 9.17) is 0 Å². The van der Waals surface area contributed by atoms with Gasteiger partial charge >= 0.3 is 11.9 Å². The number of rotatable bonds is 2. The minimum Gasteiger partial charge on any atom is -0.465 e. The third-order valence-corrected chi connectivity index (χ3v) is 2.48. The van der Waals surface area contributed by atoms with Gasteiger partial charge < -0.3 is 9.47 Å². The topological polar surface area (TPSA) is 65.5 Å². The van der Waals surface area contributed by atoms with E-state index in [2.05, 4.69) is 14.5 Å². The third kappa shape index (κ3) is 2.85. The SMILES string of the molecule is COC(=O)c1cnc(C(C)(C)C)cc1C(=O)OC. The van der Waals surface area contributed by atoms with E-state index in [9.17, 15) is 9.59 Å². The zero-order chi connectivity index (χ0) is 13.9. The van der Waals surface area contributed by atoms with E-state index < -0.39 is 11.9 Å². The maximum absolute atomic E-state index is 11.7. The van der Waals surface area contributed by atoms with Gasteiger partial charge in [0, 0.05) is 17.3 Å². The molecule has 0 bridgehead atoms. The molecule has 18 heavy (non-hydrogen) atoms. The molecule has 98 valence electrons. The molecule has 0 radical (unpaired) electrons. The van der Waals surface area contributed by atoms with Crippen molar-refractivity contribution in [1.29, 1.82) is 0 Å². The first-order chi connectivity index (χ1) is 8.31. The summed E-state index contributed by atoms with van der Waals surface area (Å²) in [5.41, 5.74) is 0.759. The van der Waals surface area contributed by atoms with Crippen LogP contribution in [0.4, 0.5) is 0 Å². The van der Waals surface area contributed by atoms with Crippen molar-refractivity contribution in [3.8, 4) is 0 Å². The maximum Gasteiger partial charge on any atom is 0.340 e. The van der Waals surface area contributed by atoms with Crippen LogP contribution in [0.3, 0.4) is 0 Å². The van der Waals surface area contributed by atoms with Crippen LogP contribution in [0.25, 0.3) is 0 Å². The lowest BCUT2D eigenvalue weighted by atomic mass is 9.90. The molecule has 1 heterocycles. The average molecular weight is 251 g/mol. The maximum atomic E-state index is 11.7. The molecule has 0 amide bonds. The van der Waals surface area contributed by atoms with Crippen LogP contribution in [0.2, 0.25) is 0 Å². The van der Waals surface area contributed by atoms with Crippen molar-refractivity contribution >= 4 is 11.9 Å². The van der Waals surface area contributed by atoms with Crippen molar-refractivity contribution < 1.29 is 19.1 Å². The molecule has 0 saturated heterocycles. The number of nitrogens with zero attached hydrogens (tertiary/aromatic N) is 1. The van der Waals surface area contributed by atoms with Crippen LogP contribution >= 0.6 is 0 Å². The third-order valence-electron chi connectivity index (χ3n) is 2.48. The van der Waals surface area contributed by atoms with E-state index in [1.807, 2.05) is 20.8 Å². The molecule has 0 spiro atoms. The molecular weight excluding hydrogens is 234 g/mol. The van der Waals surface area contributed by atoms with Gasteiger partial charge in [-0.2, -0.15) is 0 Å². The molecule has 5 heteroatoms. The number of carbonyl (C=O) groups is 2. The first-order valence-corrected chi connectivity index (χ1v) is 5.48. The lowest BCUT2D eigenvalue weighted by molar-refractivity contribution is 0.0554. The Balaban J connectivity index is 3.39. The summed E-state index contributed by atoms with van der Waals surface area (Å²) in [4.78, 5) is 27.4. The Morgan fingerprint density at radius 2 is 1.56 bits per heavy atom. The van der Waals surface area contributed by atoms with Gasteiger partial charge in [0.1, 0.15) is 0 Å². The van der Waals surface area contributed by atoms with Gasteiger partial charge in [-0.05, 0) is 6.07 Å². The van der Waals surface area contributed by atoms with Gasteiger partial charge in [-0.25, -0.2) is 9.59 Å². The Morgan fingerprint density at radius 3 is 2.00 bits per heavy atom. The lowest BCUT2D eigenvalue weighted by Crippen LogP contribution is -2.18. The molecule has 0 aromatic carbocycles. The Bertz CT molecular complexity index is 474. The van der Waals surface area contributed by atoms with Crippen molar-refractivity contribution in [3.63, 3.8) is 0 Å². The van der Waals surface area contributed by atoms with E-state index in [0.29, 0.717) is 5.69 Å². The summed E-state index contributed by atoms with van der Waals surface area (Å²) in [7, 11) is 2.52. The van der Waals surface area contributed by atoms with Crippen molar-refractivity contribution in [2.24, 2.45) is 0 Å². The average Bonchev–Trinajstić information content (AvgIpc) is 2.35. The predicted octanol–water partition coefficient (Wildman–Crippen LogP) is 1.95. The van der Waals surface area contributed by atoms with Crippen molar-refractivity contribution in [2.75, 3.05) is 14.2 Å². The summed E-state index contributed by atoms with van der Waals surface area (Å²) in [6.07, 6.45) is 1.35. The van der Waals surface area contributed by atoms with Gasteiger partial charge in [-0.3, -0.25) is 4.98 Å². The zero-order valence-electron chi connectivity index (χ0n) is 11.2. The van der Waals surface area contributed by atoms with E-state index in [-0.39, 0.29) is 16.5 Å². The van der Waals surface area contributed by atoms with Gasteiger partial charge in [0.2, 0.25) is 0 Å². The van der Waals surface area contributed by atoms with Gasteiger partial charge in [-0.15, -0.1) is 0 Å². The fourth-order valence-electron chi connectivity index (χ4n) is 1.42. The molecule has 1 aromatic heterocycles. The summed E-state index contributed by atoms with van der Waals surface area (Å²) in [6, 6.07) is 1.57. The van der Waals surface area contributed by atoms with Crippen LogP contribution in [-0.2, 0) is 14.9 Å². The van der Waals surface area contributed by atoms with Crippen LogP contribution in [0.1, 0.15) is 47.2 Å². The number of hydrogen-bond acceptors (Lipinski definition) is 5. The molecule has 0 aliphatic heterocycles. The van der Waals surface area contributed by atoms with Crippen molar-refractivity contribution in [2.45, 2.75) is 26.2 Å². The number of aromatic nitrogens is 1. The molecule has 0 saturated carbocycles. The minimum atomic E-state index is -0.608. The monoisotopic (exact) mass is 251 g/mol. The Labute approximate surface area is 106 Å². The van der Waals surface area contributed by atoms with E-state index in [0.717, 1.165) is 0 Å². The summed E-state index contributed by atoms with van der Waals surface area (Å²) >= 11 is 0. The molecule has 0 fully saturated rings. The predicted molar refractivity (Wildman–Crippen MR) is 65.6 cm³/mol. The first kappa shape index (κ1) is 14.2. The molecule has 0 aliphatic carbocycles. The van der Waals surface area contributed by atoms with Crippen LogP contribution < -0.4 is 0 Å². The molecule has 0 aliphatic rings. The number of methoxy groups -OCH3 is 2. The number of esters is 2. The molecule has 1 aromatic rings. The normalized spacial score (nSPS) is 10.9. The minimum absolute atomic E-state index is 0.109. The van der Waals surface area contributed by atoms with Gasteiger partial charge in [-0.1, -0.05) is 20.8 Å². The van der Waals surface area contributed by atoms with Crippen LogP contribution in [-0.4, -0.2) is 31.1 Å². The van der Waals surface area contributed by atoms with Crippen LogP contribution in [0.5, 0.6) is 0 Å². The van der Waals surface area contributed by atoms with E-state index >= 15 is 0 Å². The summed E-state index contributed by atoms with van der Waals surface area (Å²) in [6.45, 7) is 5.90. The first-order valence-electron chi connectivity index (χ1n) is 5.48. The molecule has 1 rings (SSSR count). The highest BCUT2D eigenvalue weighted by molar-refractivity contribution is 6.02. The highest BCUT2D eigenvalue weighted by Crippen LogP contribution is 2.23. The van der Waals surface area contributed by atoms with Gasteiger partial charge in [0.15, 0.2) is 0 Å². The van der Waals surface area contributed by atoms with Crippen LogP contribution in [0.15, 0.2) is 12.3 Å². The molecular formula is C13H17NO4. The smallest absolute Gasteiger partial charge is 0.340 e. The van der Waals surface area contributed by atoms with Crippen molar-refractivity contribution in [1.82, 2.24) is 4.98 Å². The summed E-state index contributed by atoms with van der Waals surface area (Å²) < 4.78 is 9.28. The standard InChI is InChI=1S/C13H17NO4/c1-13(2,3)10-6-8(11(15)17-4)9(7-14-10)12(16)18-5/h6-7H,1-5H3. The fourth-order valence-corrected chi connectivity index (χ4v) is 1.42. The Morgan fingerprint density at radius 1 is 1.06 bits per heavy atom. The molecule has 0 atom stereocenters. The second-order valence-corrected chi connectivity index (χ2v) is 4.85. The zero-order valence-corrected chi connectivity index (χ0v) is 11.2. The van der Waals surface area contributed by atoms with Crippen molar-refractivity contribution in [3.05, 3.63) is 29.1 Å². The molecule has 5 nitrogen and oxygen atoms in total. The van der Waals surface area contributed by atoms with E-state index in [1.165, 1.54) is 20.4 Å². The van der Waals surface area contributed by atoms with Crippen LogP contribution in [0, 0.1) is 0 Å². The Kier molecular flexibility index (Phi) is 4.06. The highest BCUT2D eigenvalue weighted by Gasteiger charge is 2.23. The number of carbonyl (C=O) groups excluding carboxylic acids is 2. The van der Waals surface area contributed by atoms with Gasteiger partial charge in [0.25, 0.3) is 0 Å². The number of ether oxygens (including phenoxy) is 2. The number of pyridine rings is 1. The Hall–Kier alpha value is -1.91. The summed E-state index contributed by atoms with van der Waals surface area (Å²) in [5.74, 6) is -1.19. The molecule has 0 N–H and O–H groups in total. The van der Waals surface area contributed by atoms with Gasteiger partial charge in [0.05, 0.1) is 25.3 Å². The molecule has 0 unspecified atom stereocenters. The highest BCUT2D eigenvalue weighted by atomic mass is 16.5.